The first-order valence-electron chi connectivity index (χ1n) is 8.10. The Morgan fingerprint density at radius 2 is 2.22 bits per heavy atom. The van der Waals surface area contributed by atoms with Gasteiger partial charge in [-0.25, -0.2) is 4.98 Å². The van der Waals surface area contributed by atoms with Crippen LogP contribution in [0, 0.1) is 0 Å². The third-order valence-electron chi connectivity index (χ3n) is 4.29. The van der Waals surface area contributed by atoms with Crippen molar-refractivity contribution in [2.45, 2.75) is 38.0 Å². The molecule has 0 saturated heterocycles. The fraction of sp³-hybridized carbons (Fsp3) is 0.333. The lowest BCUT2D eigenvalue weighted by atomic mass is 10.1. The molecule has 0 unspecified atom stereocenters. The number of hydrogen-bond donors (Lipinski definition) is 2. The first-order valence-corrected chi connectivity index (χ1v) is 8.98. The van der Waals surface area contributed by atoms with Crippen molar-refractivity contribution in [3.8, 4) is 0 Å². The predicted octanol–water partition coefficient (Wildman–Crippen LogP) is 4.46. The van der Waals surface area contributed by atoms with E-state index >= 15 is 0 Å². The molecule has 2 aromatic heterocycles. The Hall–Kier alpha value is -2.14. The Morgan fingerprint density at radius 3 is 3.09 bits per heavy atom. The second-order valence-corrected chi connectivity index (χ2v) is 6.97. The van der Waals surface area contributed by atoms with Gasteiger partial charge in [-0.1, -0.05) is 18.2 Å². The molecule has 1 amide bonds. The van der Waals surface area contributed by atoms with Crippen LogP contribution in [0.25, 0.3) is 10.9 Å². The minimum Gasteiger partial charge on any atom is -0.361 e. The molecule has 0 bridgehead atoms. The largest absolute Gasteiger partial charge is 0.361 e. The summed E-state index contributed by atoms with van der Waals surface area (Å²) in [5, 5.41) is 6.98. The van der Waals surface area contributed by atoms with Crippen LogP contribution >= 0.6 is 11.3 Å². The average molecular weight is 325 g/mol. The number of anilines is 1. The van der Waals surface area contributed by atoms with Crippen LogP contribution in [0.5, 0.6) is 0 Å². The minimum atomic E-state index is 0.0570. The summed E-state index contributed by atoms with van der Waals surface area (Å²) in [5.41, 5.74) is 3.57. The van der Waals surface area contributed by atoms with Crippen LogP contribution in [0.3, 0.4) is 0 Å². The first kappa shape index (κ1) is 14.5. The second kappa shape index (κ2) is 6.16. The predicted molar refractivity (Wildman–Crippen MR) is 94.0 cm³/mol. The van der Waals surface area contributed by atoms with E-state index < -0.39 is 0 Å². The first-order chi connectivity index (χ1) is 11.3. The fourth-order valence-electron chi connectivity index (χ4n) is 2.87. The summed E-state index contributed by atoms with van der Waals surface area (Å²) < 4.78 is 0. The lowest BCUT2D eigenvalue weighted by molar-refractivity contribution is -0.116. The van der Waals surface area contributed by atoms with Crippen molar-refractivity contribution >= 4 is 33.3 Å². The van der Waals surface area contributed by atoms with Crippen molar-refractivity contribution in [2.24, 2.45) is 0 Å². The van der Waals surface area contributed by atoms with E-state index in [-0.39, 0.29) is 5.91 Å². The number of aryl methyl sites for hydroxylation is 1. The molecule has 0 spiro atoms. The number of hydrogen-bond acceptors (Lipinski definition) is 3. The number of thiazole rings is 1. The van der Waals surface area contributed by atoms with Gasteiger partial charge in [-0.05, 0) is 37.3 Å². The van der Waals surface area contributed by atoms with E-state index in [1.165, 1.54) is 35.1 Å². The summed E-state index contributed by atoms with van der Waals surface area (Å²) in [7, 11) is 0. The van der Waals surface area contributed by atoms with E-state index in [2.05, 4.69) is 32.8 Å². The number of carbonyl (C=O) groups excluding carboxylic acids is 1. The third kappa shape index (κ3) is 3.29. The maximum absolute atomic E-state index is 12.0. The van der Waals surface area contributed by atoms with E-state index in [0.29, 0.717) is 12.3 Å². The lowest BCUT2D eigenvalue weighted by Gasteiger charge is -2.02. The molecule has 118 valence electrons. The molecule has 1 aromatic carbocycles. The summed E-state index contributed by atoms with van der Waals surface area (Å²) in [4.78, 5) is 19.8. The van der Waals surface area contributed by atoms with Gasteiger partial charge in [0.05, 0.1) is 5.69 Å². The second-order valence-electron chi connectivity index (χ2n) is 6.11. The van der Waals surface area contributed by atoms with Crippen LogP contribution in [0.2, 0.25) is 0 Å². The van der Waals surface area contributed by atoms with Crippen molar-refractivity contribution in [3.05, 3.63) is 47.1 Å². The molecule has 0 aliphatic heterocycles. The molecule has 0 radical (unpaired) electrons. The van der Waals surface area contributed by atoms with Crippen LogP contribution in [-0.4, -0.2) is 15.9 Å². The number of rotatable bonds is 6. The minimum absolute atomic E-state index is 0.0570. The number of amides is 1. The number of fused-ring (bicyclic) bond motifs is 1. The summed E-state index contributed by atoms with van der Waals surface area (Å²) >= 11 is 1.53. The molecule has 4 rings (SSSR count). The van der Waals surface area contributed by atoms with E-state index in [4.69, 9.17) is 0 Å². The number of H-pyrrole nitrogens is 1. The van der Waals surface area contributed by atoms with Gasteiger partial charge in [-0.3, -0.25) is 4.79 Å². The molecule has 1 fully saturated rings. The number of benzene rings is 1. The molecule has 3 aromatic rings. The Kier molecular flexibility index (Phi) is 3.87. The van der Waals surface area contributed by atoms with Gasteiger partial charge in [-0.2, -0.15) is 0 Å². The Bertz CT molecular complexity index is 832. The maximum Gasteiger partial charge on any atom is 0.226 e. The zero-order valence-corrected chi connectivity index (χ0v) is 13.7. The lowest BCUT2D eigenvalue weighted by Crippen LogP contribution is -2.11. The van der Waals surface area contributed by atoms with Gasteiger partial charge in [0.25, 0.3) is 0 Å². The van der Waals surface area contributed by atoms with E-state index in [0.717, 1.165) is 29.2 Å². The van der Waals surface area contributed by atoms with Gasteiger partial charge < -0.3 is 10.3 Å². The highest BCUT2D eigenvalue weighted by Crippen LogP contribution is 2.40. The Morgan fingerprint density at radius 1 is 1.35 bits per heavy atom. The molecule has 1 aliphatic carbocycles. The fourth-order valence-corrected chi connectivity index (χ4v) is 3.68. The van der Waals surface area contributed by atoms with E-state index in [9.17, 15) is 4.79 Å². The molecule has 5 heteroatoms. The Balaban J connectivity index is 1.29. The summed E-state index contributed by atoms with van der Waals surface area (Å²) in [6, 6.07) is 8.27. The molecule has 1 saturated carbocycles. The summed E-state index contributed by atoms with van der Waals surface area (Å²) in [5.74, 6) is 0.695. The van der Waals surface area contributed by atoms with Gasteiger partial charge in [0.15, 0.2) is 5.13 Å². The number of para-hydroxylation sites is 1. The molecule has 23 heavy (non-hydrogen) atoms. The number of aromatic nitrogens is 2. The van der Waals surface area contributed by atoms with Crippen molar-refractivity contribution in [1.82, 2.24) is 9.97 Å². The molecule has 2 N–H and O–H groups in total. The number of nitrogens with zero attached hydrogens (tertiary/aromatic N) is 1. The Labute approximate surface area is 138 Å². The number of carbonyl (C=O) groups is 1. The van der Waals surface area contributed by atoms with Crippen molar-refractivity contribution in [1.29, 1.82) is 0 Å². The highest BCUT2D eigenvalue weighted by atomic mass is 32.1. The van der Waals surface area contributed by atoms with Crippen LogP contribution in [-0.2, 0) is 11.2 Å². The topological polar surface area (TPSA) is 57.8 Å². The molecule has 0 atom stereocenters. The average Bonchev–Trinajstić information content (AvgIpc) is 3.18. The quantitative estimate of drug-likeness (QED) is 0.703. The van der Waals surface area contributed by atoms with Gasteiger partial charge in [0.1, 0.15) is 0 Å². The van der Waals surface area contributed by atoms with Gasteiger partial charge in [-0.15, -0.1) is 11.3 Å². The third-order valence-corrected chi connectivity index (χ3v) is 5.06. The zero-order valence-electron chi connectivity index (χ0n) is 12.8. The highest BCUT2D eigenvalue weighted by Gasteiger charge is 2.26. The van der Waals surface area contributed by atoms with Crippen molar-refractivity contribution in [3.63, 3.8) is 0 Å². The molecular weight excluding hydrogens is 306 g/mol. The standard InChI is InChI=1S/C18H19N3OS/c22-17(21-18-20-16(11-23-18)12-8-9-12)7-3-4-13-10-19-15-6-2-1-5-14(13)15/h1-2,5-6,10-12,19H,3-4,7-9H2,(H,20,21,22). The van der Waals surface area contributed by atoms with Crippen LogP contribution in [0.15, 0.2) is 35.8 Å². The van der Waals surface area contributed by atoms with Gasteiger partial charge in [0, 0.05) is 34.8 Å². The molecule has 2 heterocycles. The van der Waals surface area contributed by atoms with Crippen LogP contribution < -0.4 is 5.32 Å². The number of nitrogens with one attached hydrogen (secondary N) is 2. The molecule has 1 aliphatic rings. The highest BCUT2D eigenvalue weighted by molar-refractivity contribution is 7.13. The normalized spacial score (nSPS) is 14.3. The van der Waals surface area contributed by atoms with Gasteiger partial charge >= 0.3 is 0 Å². The van der Waals surface area contributed by atoms with Gasteiger partial charge in [0.2, 0.25) is 5.91 Å². The summed E-state index contributed by atoms with van der Waals surface area (Å²) in [6.07, 6.45) is 6.80. The van der Waals surface area contributed by atoms with E-state index in [1.54, 1.807) is 0 Å². The van der Waals surface area contributed by atoms with Crippen molar-refractivity contribution in [2.75, 3.05) is 5.32 Å². The van der Waals surface area contributed by atoms with Crippen molar-refractivity contribution < 1.29 is 4.79 Å². The monoisotopic (exact) mass is 325 g/mol. The maximum atomic E-state index is 12.0. The van der Waals surface area contributed by atoms with Crippen LogP contribution in [0.4, 0.5) is 5.13 Å². The zero-order chi connectivity index (χ0) is 15.6. The molecule has 4 nitrogen and oxygen atoms in total. The SMILES string of the molecule is O=C(CCCc1c[nH]c2ccccc12)Nc1nc(C2CC2)cs1. The number of aromatic amines is 1. The van der Waals surface area contributed by atoms with Crippen LogP contribution in [0.1, 0.15) is 42.9 Å². The molecular formula is C18H19N3OS. The smallest absolute Gasteiger partial charge is 0.226 e. The van der Waals surface area contributed by atoms with E-state index in [1.807, 2.05) is 18.3 Å². The summed E-state index contributed by atoms with van der Waals surface area (Å²) in [6.45, 7) is 0.